The second-order valence-corrected chi connectivity index (χ2v) is 4.69. The van der Waals surface area contributed by atoms with Crippen LogP contribution < -0.4 is 9.57 Å². The number of hydrogen-bond acceptors (Lipinski definition) is 3. The first-order valence-electron chi connectivity index (χ1n) is 5.92. The van der Waals surface area contributed by atoms with Gasteiger partial charge < -0.3 is 9.57 Å². The summed E-state index contributed by atoms with van der Waals surface area (Å²) in [6.07, 6.45) is -1.59. The highest BCUT2D eigenvalue weighted by Crippen LogP contribution is 2.30. The van der Waals surface area contributed by atoms with Gasteiger partial charge in [0.05, 0.1) is 0 Å². The molecule has 0 N–H and O–H groups in total. The van der Waals surface area contributed by atoms with Crippen molar-refractivity contribution in [2.75, 3.05) is 13.1 Å². The Morgan fingerprint density at radius 2 is 1.63 bits per heavy atom. The molecule has 0 atom stereocenters. The van der Waals surface area contributed by atoms with E-state index in [1.165, 1.54) is 12.1 Å². The van der Waals surface area contributed by atoms with Crippen molar-refractivity contribution in [1.82, 2.24) is 5.06 Å². The Morgan fingerprint density at radius 1 is 1.00 bits per heavy atom. The van der Waals surface area contributed by atoms with Crippen LogP contribution in [-0.2, 0) is 0 Å². The molecular formula is C12H13ClF3NO2. The van der Waals surface area contributed by atoms with Crippen LogP contribution in [0.3, 0.4) is 0 Å². The van der Waals surface area contributed by atoms with Crippen molar-refractivity contribution >= 4 is 11.6 Å². The highest BCUT2D eigenvalue weighted by atomic mass is 35.5. The van der Waals surface area contributed by atoms with Gasteiger partial charge in [0.2, 0.25) is 0 Å². The van der Waals surface area contributed by atoms with E-state index < -0.39 is 6.36 Å². The Balaban J connectivity index is 2.07. The van der Waals surface area contributed by atoms with Crippen LogP contribution in [0.1, 0.15) is 19.3 Å². The van der Waals surface area contributed by atoms with Gasteiger partial charge in [0.25, 0.3) is 0 Å². The first-order chi connectivity index (χ1) is 8.92. The lowest BCUT2D eigenvalue weighted by Gasteiger charge is -2.26. The number of hydroxylamine groups is 2. The van der Waals surface area contributed by atoms with Gasteiger partial charge in [-0.05, 0) is 18.9 Å². The molecule has 1 aromatic carbocycles. The zero-order valence-electron chi connectivity index (χ0n) is 10.0. The minimum absolute atomic E-state index is 0.133. The van der Waals surface area contributed by atoms with E-state index in [0.29, 0.717) is 0 Å². The molecule has 0 bridgehead atoms. The van der Waals surface area contributed by atoms with Gasteiger partial charge in [-0.15, -0.1) is 18.2 Å². The quantitative estimate of drug-likeness (QED) is 0.841. The molecule has 0 aliphatic carbocycles. The number of nitrogens with zero attached hydrogens (tertiary/aromatic N) is 1. The lowest BCUT2D eigenvalue weighted by molar-refractivity contribution is -0.274. The van der Waals surface area contributed by atoms with Gasteiger partial charge in [0, 0.05) is 30.2 Å². The van der Waals surface area contributed by atoms with Crippen LogP contribution in [0.5, 0.6) is 11.5 Å². The number of alkyl halides is 3. The molecule has 3 nitrogen and oxygen atoms in total. The molecule has 0 saturated carbocycles. The molecule has 1 saturated heterocycles. The van der Waals surface area contributed by atoms with Crippen molar-refractivity contribution in [1.29, 1.82) is 0 Å². The normalized spacial score (nSPS) is 17.3. The SMILES string of the molecule is FC(F)(F)Oc1cc(Cl)cc(ON2CCCCC2)c1. The number of piperidine rings is 1. The molecule has 1 aromatic rings. The van der Waals surface area contributed by atoms with Crippen LogP contribution in [-0.4, -0.2) is 24.5 Å². The van der Waals surface area contributed by atoms with Crippen molar-refractivity contribution in [2.24, 2.45) is 0 Å². The molecular weight excluding hydrogens is 283 g/mol. The van der Waals surface area contributed by atoms with E-state index in [9.17, 15) is 13.2 Å². The highest BCUT2D eigenvalue weighted by molar-refractivity contribution is 6.30. The molecule has 0 radical (unpaired) electrons. The molecule has 1 aliphatic rings. The summed E-state index contributed by atoms with van der Waals surface area (Å²) in [6.45, 7) is 1.50. The molecule has 0 amide bonds. The van der Waals surface area contributed by atoms with Crippen molar-refractivity contribution in [2.45, 2.75) is 25.6 Å². The second kappa shape index (κ2) is 5.88. The number of ether oxygens (including phenoxy) is 1. The molecule has 19 heavy (non-hydrogen) atoms. The van der Waals surface area contributed by atoms with Crippen molar-refractivity contribution in [3.05, 3.63) is 23.2 Å². The minimum Gasteiger partial charge on any atom is -0.406 e. The topological polar surface area (TPSA) is 21.7 Å². The van der Waals surface area contributed by atoms with Crippen LogP contribution in [0, 0.1) is 0 Å². The summed E-state index contributed by atoms with van der Waals surface area (Å²) < 4.78 is 40.3. The third-order valence-electron chi connectivity index (χ3n) is 2.63. The van der Waals surface area contributed by atoms with Gasteiger partial charge in [0.15, 0.2) is 5.75 Å². The fourth-order valence-electron chi connectivity index (χ4n) is 1.89. The van der Waals surface area contributed by atoms with Gasteiger partial charge in [-0.25, -0.2) is 0 Å². The average Bonchev–Trinajstić information content (AvgIpc) is 2.26. The first kappa shape index (κ1) is 14.3. The van der Waals surface area contributed by atoms with Gasteiger partial charge in [-0.2, -0.15) is 0 Å². The molecule has 0 unspecified atom stereocenters. The Bertz CT molecular complexity index is 433. The van der Waals surface area contributed by atoms with E-state index in [2.05, 4.69) is 4.74 Å². The van der Waals surface area contributed by atoms with Gasteiger partial charge >= 0.3 is 6.36 Å². The Hall–Kier alpha value is -1.14. The lowest BCUT2D eigenvalue weighted by Crippen LogP contribution is -2.32. The Labute approximate surface area is 113 Å². The predicted molar refractivity (Wildman–Crippen MR) is 64.2 cm³/mol. The minimum atomic E-state index is -4.74. The van der Waals surface area contributed by atoms with E-state index in [1.54, 1.807) is 5.06 Å². The first-order valence-corrected chi connectivity index (χ1v) is 6.29. The summed E-state index contributed by atoms with van der Waals surface area (Å²) in [5.74, 6) is -0.138. The molecule has 0 spiro atoms. The summed E-state index contributed by atoms with van der Waals surface area (Å²) in [4.78, 5) is 5.49. The summed E-state index contributed by atoms with van der Waals surface area (Å²) in [5.41, 5.74) is 0. The van der Waals surface area contributed by atoms with Crippen LogP contribution in [0.15, 0.2) is 18.2 Å². The van der Waals surface area contributed by atoms with E-state index in [1.807, 2.05) is 0 Å². The maximum Gasteiger partial charge on any atom is 0.573 e. The molecule has 1 fully saturated rings. The van der Waals surface area contributed by atoms with E-state index in [4.69, 9.17) is 16.4 Å². The van der Waals surface area contributed by atoms with Crippen molar-refractivity contribution in [3.8, 4) is 11.5 Å². The molecule has 0 aromatic heterocycles. The third kappa shape index (κ3) is 4.80. The summed E-state index contributed by atoms with van der Waals surface area (Å²) in [6, 6.07) is 3.73. The van der Waals surface area contributed by atoms with Gasteiger partial charge in [-0.1, -0.05) is 18.0 Å². The Kier molecular flexibility index (Phi) is 4.42. The average molecular weight is 296 g/mol. The molecule has 2 rings (SSSR count). The van der Waals surface area contributed by atoms with E-state index in [0.717, 1.165) is 38.4 Å². The number of hydrogen-bond donors (Lipinski definition) is 0. The van der Waals surface area contributed by atoms with Gasteiger partial charge in [0.1, 0.15) is 5.75 Å². The maximum atomic E-state index is 12.1. The van der Waals surface area contributed by atoms with Crippen LogP contribution in [0.25, 0.3) is 0 Å². The van der Waals surface area contributed by atoms with Crippen LogP contribution >= 0.6 is 11.6 Å². The van der Waals surface area contributed by atoms with Crippen LogP contribution in [0.4, 0.5) is 13.2 Å². The zero-order valence-corrected chi connectivity index (χ0v) is 10.8. The maximum absolute atomic E-state index is 12.1. The van der Waals surface area contributed by atoms with Crippen molar-refractivity contribution < 1.29 is 22.7 Å². The molecule has 1 aliphatic heterocycles. The van der Waals surface area contributed by atoms with Crippen LogP contribution in [0.2, 0.25) is 5.02 Å². The predicted octanol–water partition coefficient (Wildman–Crippen LogP) is 4.02. The second-order valence-electron chi connectivity index (χ2n) is 4.25. The number of benzene rings is 1. The standard InChI is InChI=1S/C12H13ClF3NO2/c13-9-6-10(18-12(14,15)16)8-11(7-9)19-17-4-2-1-3-5-17/h6-8H,1-5H2. The highest BCUT2D eigenvalue weighted by Gasteiger charge is 2.31. The fourth-order valence-corrected chi connectivity index (χ4v) is 2.10. The monoisotopic (exact) mass is 295 g/mol. The molecule has 106 valence electrons. The largest absolute Gasteiger partial charge is 0.573 e. The summed E-state index contributed by atoms with van der Waals surface area (Å²) in [5, 5.41) is 1.85. The van der Waals surface area contributed by atoms with E-state index >= 15 is 0 Å². The van der Waals surface area contributed by atoms with E-state index in [-0.39, 0.29) is 16.5 Å². The summed E-state index contributed by atoms with van der Waals surface area (Å²) in [7, 11) is 0. The zero-order chi connectivity index (χ0) is 13.9. The van der Waals surface area contributed by atoms with Crippen molar-refractivity contribution in [3.63, 3.8) is 0 Å². The lowest BCUT2D eigenvalue weighted by atomic mass is 10.2. The fraction of sp³-hybridized carbons (Fsp3) is 0.500. The summed E-state index contributed by atoms with van der Waals surface area (Å²) >= 11 is 5.75. The number of rotatable bonds is 3. The van der Waals surface area contributed by atoms with Gasteiger partial charge in [-0.3, -0.25) is 0 Å². The Morgan fingerprint density at radius 3 is 2.26 bits per heavy atom. The smallest absolute Gasteiger partial charge is 0.406 e. The molecule has 1 heterocycles. The number of halogens is 4. The molecule has 7 heteroatoms. The third-order valence-corrected chi connectivity index (χ3v) is 2.85.